The van der Waals surface area contributed by atoms with Crippen LogP contribution < -0.4 is 15.2 Å². The van der Waals surface area contributed by atoms with Gasteiger partial charge in [-0.1, -0.05) is 19.1 Å². The number of hydrogen-bond donors (Lipinski definition) is 0. The number of aromatic nitrogens is 2. The first-order valence-corrected chi connectivity index (χ1v) is 8.88. The molecule has 1 aromatic heterocycles. The number of amides is 1. The van der Waals surface area contributed by atoms with Gasteiger partial charge in [-0.05, 0) is 30.2 Å². The smallest absolute Gasteiger partial charge is 0.423 e. The lowest BCUT2D eigenvalue weighted by molar-refractivity contribution is -0.193. The Balaban J connectivity index is 1.87. The van der Waals surface area contributed by atoms with Crippen molar-refractivity contribution in [2.24, 2.45) is 7.05 Å². The number of benzene rings is 2. The number of anilines is 1. The van der Waals surface area contributed by atoms with Crippen LogP contribution in [0.3, 0.4) is 0 Å². The summed E-state index contributed by atoms with van der Waals surface area (Å²) in [4.78, 5) is 30.1. The van der Waals surface area contributed by atoms with Crippen LogP contribution in [0.5, 0.6) is 5.75 Å². The third-order valence-corrected chi connectivity index (χ3v) is 4.90. The van der Waals surface area contributed by atoms with Gasteiger partial charge in [0.15, 0.2) is 5.75 Å². The van der Waals surface area contributed by atoms with Crippen molar-refractivity contribution in [1.82, 2.24) is 9.55 Å². The highest BCUT2D eigenvalue weighted by molar-refractivity contribution is 6.01. The SMILES string of the molecule is CCc1cccc2c1OC(F)(F)C(=O)N2Cc1nc2cc(F)ccc2c(=O)n1C. The molecule has 6 nitrogen and oxygen atoms in total. The Labute approximate surface area is 163 Å². The Hall–Kier alpha value is -3.36. The lowest BCUT2D eigenvalue weighted by atomic mass is 10.1. The molecule has 0 spiro atoms. The van der Waals surface area contributed by atoms with E-state index in [1.54, 1.807) is 19.1 Å². The Morgan fingerprint density at radius 1 is 1.17 bits per heavy atom. The van der Waals surface area contributed by atoms with Crippen molar-refractivity contribution in [3.05, 3.63) is 64.0 Å². The molecule has 0 saturated heterocycles. The van der Waals surface area contributed by atoms with Crippen molar-refractivity contribution < 1.29 is 22.7 Å². The number of para-hydroxylation sites is 1. The van der Waals surface area contributed by atoms with E-state index in [9.17, 15) is 22.8 Å². The summed E-state index contributed by atoms with van der Waals surface area (Å²) in [5, 5.41) is 0.185. The number of carbonyl (C=O) groups is 1. The number of alkyl halides is 2. The zero-order valence-electron chi connectivity index (χ0n) is 15.6. The Morgan fingerprint density at radius 3 is 2.66 bits per heavy atom. The van der Waals surface area contributed by atoms with E-state index in [2.05, 4.69) is 4.98 Å². The van der Waals surface area contributed by atoms with Gasteiger partial charge in [-0.25, -0.2) is 9.37 Å². The topological polar surface area (TPSA) is 64.4 Å². The van der Waals surface area contributed by atoms with Crippen LogP contribution >= 0.6 is 0 Å². The largest absolute Gasteiger partial charge is 0.483 e. The summed E-state index contributed by atoms with van der Waals surface area (Å²) in [7, 11) is 1.42. The lowest BCUT2D eigenvalue weighted by Crippen LogP contribution is -2.51. The van der Waals surface area contributed by atoms with Crippen LogP contribution in [-0.4, -0.2) is 21.6 Å². The molecule has 0 fully saturated rings. The minimum Gasteiger partial charge on any atom is -0.423 e. The number of hydrogen-bond acceptors (Lipinski definition) is 4. The molecule has 0 atom stereocenters. The molecule has 0 N–H and O–H groups in total. The summed E-state index contributed by atoms with van der Waals surface area (Å²) in [6.07, 6.45) is -3.63. The van der Waals surface area contributed by atoms with E-state index in [0.717, 1.165) is 21.6 Å². The molecule has 2 heterocycles. The highest BCUT2D eigenvalue weighted by Crippen LogP contribution is 2.42. The van der Waals surface area contributed by atoms with Gasteiger partial charge >= 0.3 is 12.0 Å². The van der Waals surface area contributed by atoms with Crippen LogP contribution in [0.25, 0.3) is 10.9 Å². The van der Waals surface area contributed by atoms with Crippen LogP contribution in [0.4, 0.5) is 18.9 Å². The van der Waals surface area contributed by atoms with Crippen molar-refractivity contribution in [2.75, 3.05) is 4.90 Å². The fraction of sp³-hybridized carbons (Fsp3) is 0.250. The number of aryl methyl sites for hydroxylation is 1. The molecule has 0 saturated carbocycles. The average molecular weight is 403 g/mol. The maximum atomic E-state index is 14.3. The molecule has 0 bridgehead atoms. The monoisotopic (exact) mass is 403 g/mol. The Morgan fingerprint density at radius 2 is 1.93 bits per heavy atom. The number of rotatable bonds is 3. The standard InChI is InChI=1S/C20H16F3N3O3/c1-3-11-5-4-6-15-17(11)29-20(22,23)19(28)26(15)10-16-24-14-9-12(21)7-8-13(14)18(27)25(16)2/h4-9H,3,10H2,1-2H3. The van der Waals surface area contributed by atoms with Gasteiger partial charge in [0.2, 0.25) is 0 Å². The number of carbonyl (C=O) groups excluding carboxylic acids is 1. The molecule has 2 aromatic carbocycles. The van der Waals surface area contributed by atoms with Gasteiger partial charge in [0, 0.05) is 13.1 Å². The molecular formula is C20H16F3N3O3. The molecule has 1 amide bonds. The zero-order valence-corrected chi connectivity index (χ0v) is 15.6. The predicted octanol–water partition coefficient (Wildman–Crippen LogP) is 3.15. The molecule has 0 radical (unpaired) electrons. The maximum Gasteiger partial charge on any atom is 0.483 e. The second-order valence-corrected chi connectivity index (χ2v) is 6.68. The van der Waals surface area contributed by atoms with E-state index in [1.807, 2.05) is 0 Å². The Kier molecular flexibility index (Phi) is 4.33. The normalized spacial score (nSPS) is 15.3. The summed E-state index contributed by atoms with van der Waals surface area (Å²) >= 11 is 0. The van der Waals surface area contributed by atoms with Crippen LogP contribution in [0.1, 0.15) is 18.3 Å². The number of fused-ring (bicyclic) bond motifs is 2. The molecule has 29 heavy (non-hydrogen) atoms. The van der Waals surface area contributed by atoms with Gasteiger partial charge in [0.1, 0.15) is 11.6 Å². The molecule has 0 unspecified atom stereocenters. The Bertz CT molecular complexity index is 1210. The van der Waals surface area contributed by atoms with Crippen molar-refractivity contribution in [3.8, 4) is 5.75 Å². The van der Waals surface area contributed by atoms with Crippen LogP contribution in [0.2, 0.25) is 0 Å². The number of halogens is 3. The second-order valence-electron chi connectivity index (χ2n) is 6.68. The fourth-order valence-electron chi connectivity index (χ4n) is 3.35. The minimum atomic E-state index is -4.06. The molecule has 9 heteroatoms. The fourth-order valence-corrected chi connectivity index (χ4v) is 3.35. The van der Waals surface area contributed by atoms with Gasteiger partial charge in [-0.2, -0.15) is 8.78 Å². The van der Waals surface area contributed by atoms with E-state index in [0.29, 0.717) is 12.0 Å². The first kappa shape index (κ1) is 19.0. The van der Waals surface area contributed by atoms with Gasteiger partial charge in [0.05, 0.1) is 23.1 Å². The summed E-state index contributed by atoms with van der Waals surface area (Å²) in [6, 6.07) is 8.28. The number of ether oxygens (including phenoxy) is 1. The summed E-state index contributed by atoms with van der Waals surface area (Å²) in [5.74, 6) is -2.20. The van der Waals surface area contributed by atoms with E-state index in [4.69, 9.17) is 4.74 Å². The predicted molar refractivity (Wildman–Crippen MR) is 99.5 cm³/mol. The molecular weight excluding hydrogens is 387 g/mol. The molecule has 1 aliphatic rings. The van der Waals surface area contributed by atoms with Crippen LogP contribution in [0, 0.1) is 5.82 Å². The van der Waals surface area contributed by atoms with E-state index >= 15 is 0 Å². The van der Waals surface area contributed by atoms with Crippen molar-refractivity contribution in [3.63, 3.8) is 0 Å². The molecule has 3 aromatic rings. The van der Waals surface area contributed by atoms with Gasteiger partial charge < -0.3 is 4.74 Å². The highest BCUT2D eigenvalue weighted by atomic mass is 19.3. The number of nitrogens with zero attached hydrogens (tertiary/aromatic N) is 3. The summed E-state index contributed by atoms with van der Waals surface area (Å²) in [5.41, 5.74) is 0.286. The average Bonchev–Trinajstić information content (AvgIpc) is 2.68. The second kappa shape index (κ2) is 6.61. The minimum absolute atomic E-state index is 0.0343. The third kappa shape index (κ3) is 3.02. The first-order chi connectivity index (χ1) is 13.7. The molecule has 0 aliphatic carbocycles. The molecule has 150 valence electrons. The maximum absolute atomic E-state index is 14.3. The molecule has 4 rings (SSSR count). The van der Waals surface area contributed by atoms with Gasteiger partial charge in [-0.15, -0.1) is 0 Å². The third-order valence-electron chi connectivity index (χ3n) is 4.90. The van der Waals surface area contributed by atoms with E-state index in [-0.39, 0.29) is 28.2 Å². The van der Waals surface area contributed by atoms with Crippen molar-refractivity contribution in [1.29, 1.82) is 0 Å². The quantitative estimate of drug-likeness (QED) is 0.674. The first-order valence-electron chi connectivity index (χ1n) is 8.88. The molecule has 1 aliphatic heterocycles. The van der Waals surface area contributed by atoms with Gasteiger partial charge in [-0.3, -0.25) is 19.1 Å². The summed E-state index contributed by atoms with van der Waals surface area (Å²) < 4.78 is 48.0. The lowest BCUT2D eigenvalue weighted by Gasteiger charge is -2.34. The van der Waals surface area contributed by atoms with Gasteiger partial charge in [0.25, 0.3) is 5.56 Å². The van der Waals surface area contributed by atoms with Crippen LogP contribution in [-0.2, 0) is 24.8 Å². The van der Waals surface area contributed by atoms with E-state index < -0.39 is 29.9 Å². The zero-order chi connectivity index (χ0) is 20.9. The van der Waals surface area contributed by atoms with E-state index in [1.165, 1.54) is 19.2 Å². The van der Waals surface area contributed by atoms with Crippen molar-refractivity contribution >= 4 is 22.5 Å². The summed E-state index contributed by atoms with van der Waals surface area (Å²) in [6.45, 7) is 1.37. The highest BCUT2D eigenvalue weighted by Gasteiger charge is 2.51. The van der Waals surface area contributed by atoms with Crippen molar-refractivity contribution in [2.45, 2.75) is 26.0 Å². The van der Waals surface area contributed by atoms with Crippen LogP contribution in [0.15, 0.2) is 41.2 Å².